The van der Waals surface area contributed by atoms with Crippen LogP contribution in [-0.4, -0.2) is 12.8 Å². The van der Waals surface area contributed by atoms with Crippen LogP contribution in [0.25, 0.3) is 0 Å². The van der Waals surface area contributed by atoms with E-state index in [2.05, 4.69) is 15.7 Å². The highest BCUT2D eigenvalue weighted by Gasteiger charge is 1.99. The first-order chi connectivity index (χ1) is 4.43. The fourth-order valence-electron chi connectivity index (χ4n) is 0.560. The molecule has 1 aliphatic rings. The normalized spacial score (nSPS) is 22.6. The summed E-state index contributed by atoms with van der Waals surface area (Å²) >= 11 is 1.68. The topological polar surface area (TPSA) is 21.6 Å². The lowest BCUT2D eigenvalue weighted by Crippen LogP contribution is -1.96. The first kappa shape index (κ1) is 6.68. The van der Waals surface area contributed by atoms with Crippen molar-refractivity contribution in [1.82, 2.24) is 0 Å². The van der Waals surface area contributed by atoms with Crippen molar-refractivity contribution >= 4 is 17.5 Å². The molecular formula is C6H8NOS. The van der Waals surface area contributed by atoms with Gasteiger partial charge < -0.3 is 4.84 Å². The Kier molecular flexibility index (Phi) is 2.64. The van der Waals surface area contributed by atoms with Crippen LogP contribution in [0.15, 0.2) is 16.6 Å². The van der Waals surface area contributed by atoms with E-state index in [1.54, 1.807) is 18.9 Å². The second-order valence-electron chi connectivity index (χ2n) is 1.57. The van der Waals surface area contributed by atoms with Crippen LogP contribution >= 0.6 is 11.8 Å². The Hall–Kier alpha value is -0.440. The van der Waals surface area contributed by atoms with Crippen LogP contribution in [0.5, 0.6) is 0 Å². The quantitative estimate of drug-likeness (QED) is 0.521. The van der Waals surface area contributed by atoms with Gasteiger partial charge in [-0.25, -0.2) is 0 Å². The van der Waals surface area contributed by atoms with E-state index >= 15 is 0 Å². The molecule has 0 aliphatic carbocycles. The molecule has 1 heterocycles. The molecule has 0 bridgehead atoms. The predicted octanol–water partition coefficient (Wildman–Crippen LogP) is 1.80. The number of hydrogen-bond acceptors (Lipinski definition) is 3. The highest BCUT2D eigenvalue weighted by atomic mass is 32.2. The molecule has 1 radical (unpaired) electrons. The lowest BCUT2D eigenvalue weighted by Gasteiger charge is -2.02. The van der Waals surface area contributed by atoms with E-state index in [1.807, 2.05) is 11.5 Å². The van der Waals surface area contributed by atoms with Gasteiger partial charge in [-0.1, -0.05) is 5.16 Å². The minimum Gasteiger partial charge on any atom is -0.399 e. The Morgan fingerprint density at radius 1 is 1.78 bits per heavy atom. The zero-order chi connectivity index (χ0) is 6.53. The average molecular weight is 142 g/mol. The van der Waals surface area contributed by atoms with Crippen molar-refractivity contribution in [2.24, 2.45) is 5.16 Å². The largest absolute Gasteiger partial charge is 0.399 e. The van der Waals surface area contributed by atoms with Crippen molar-refractivity contribution in [3.8, 4) is 0 Å². The number of oxime groups is 1. The van der Waals surface area contributed by atoms with Gasteiger partial charge >= 0.3 is 0 Å². The minimum atomic E-state index is 0.898. The molecule has 1 aliphatic heterocycles. The summed E-state index contributed by atoms with van der Waals surface area (Å²) in [6.07, 6.45) is 2.85. The summed E-state index contributed by atoms with van der Waals surface area (Å²) in [5.74, 6) is 2.08. The van der Waals surface area contributed by atoms with E-state index in [1.165, 1.54) is 0 Å². The van der Waals surface area contributed by atoms with Crippen LogP contribution in [0.2, 0.25) is 0 Å². The number of hydrogen-bond donors (Lipinski definition) is 0. The van der Waals surface area contributed by atoms with E-state index in [4.69, 9.17) is 0 Å². The second-order valence-corrected chi connectivity index (χ2v) is 2.45. The van der Waals surface area contributed by atoms with Gasteiger partial charge in [0.25, 0.3) is 0 Å². The number of nitrogens with zero attached hydrogens (tertiary/aromatic N) is 1. The first-order valence-corrected chi connectivity index (χ1v) is 3.61. The maximum absolute atomic E-state index is 4.59. The molecular weight excluding hydrogens is 134 g/mol. The molecule has 2 nitrogen and oxygen atoms in total. The van der Waals surface area contributed by atoms with Gasteiger partial charge in [-0.05, 0) is 11.5 Å². The Bertz CT molecular complexity index is 142. The molecule has 0 unspecified atom stereocenters. The number of allylic oxidation sites excluding steroid dienone is 1. The third-order valence-corrected chi connectivity index (χ3v) is 1.59. The fraction of sp³-hybridized carbons (Fsp3) is 0.333. The third kappa shape index (κ3) is 2.10. The van der Waals surface area contributed by atoms with Crippen LogP contribution in [0.3, 0.4) is 0 Å². The predicted molar refractivity (Wildman–Crippen MR) is 40.1 cm³/mol. The molecule has 0 aromatic rings. The van der Waals surface area contributed by atoms with E-state index in [0.29, 0.717) is 0 Å². The SMILES string of the molecule is CON=C1C=CS[CH]C1. The lowest BCUT2D eigenvalue weighted by molar-refractivity contribution is 0.213. The van der Waals surface area contributed by atoms with Crippen molar-refractivity contribution in [3.63, 3.8) is 0 Å². The minimum absolute atomic E-state index is 0.898. The summed E-state index contributed by atoms with van der Waals surface area (Å²) in [7, 11) is 1.56. The van der Waals surface area contributed by atoms with Gasteiger partial charge in [0.1, 0.15) is 7.11 Å². The summed E-state index contributed by atoms with van der Waals surface area (Å²) in [6.45, 7) is 0. The monoisotopic (exact) mass is 142 g/mol. The summed E-state index contributed by atoms with van der Waals surface area (Å²) in [5.41, 5.74) is 0.983. The second kappa shape index (κ2) is 3.56. The third-order valence-electron chi connectivity index (χ3n) is 0.936. The molecule has 0 spiro atoms. The average Bonchev–Trinajstić information content (AvgIpc) is 1.91. The van der Waals surface area contributed by atoms with Crippen molar-refractivity contribution < 1.29 is 4.84 Å². The highest BCUT2D eigenvalue weighted by molar-refractivity contribution is 8.04. The maximum Gasteiger partial charge on any atom is 0.106 e. The van der Waals surface area contributed by atoms with Crippen LogP contribution in [0, 0.1) is 5.75 Å². The Balaban J connectivity index is 2.49. The summed E-state index contributed by atoms with van der Waals surface area (Å²) in [4.78, 5) is 4.59. The van der Waals surface area contributed by atoms with Crippen LogP contribution in [-0.2, 0) is 4.84 Å². The van der Waals surface area contributed by atoms with Crippen molar-refractivity contribution in [2.75, 3.05) is 7.11 Å². The maximum atomic E-state index is 4.59. The van der Waals surface area contributed by atoms with E-state index < -0.39 is 0 Å². The zero-order valence-corrected chi connectivity index (χ0v) is 6.02. The summed E-state index contributed by atoms with van der Waals surface area (Å²) < 4.78 is 0. The van der Waals surface area contributed by atoms with Gasteiger partial charge in [-0.3, -0.25) is 0 Å². The van der Waals surface area contributed by atoms with E-state index in [0.717, 1.165) is 12.1 Å². The fourth-order valence-corrected chi connectivity index (χ4v) is 1.17. The van der Waals surface area contributed by atoms with E-state index in [-0.39, 0.29) is 0 Å². The van der Waals surface area contributed by atoms with Gasteiger partial charge in [0.15, 0.2) is 0 Å². The van der Waals surface area contributed by atoms with Crippen LogP contribution in [0.1, 0.15) is 6.42 Å². The molecule has 0 atom stereocenters. The molecule has 0 fully saturated rings. The first-order valence-electron chi connectivity index (χ1n) is 2.67. The molecule has 49 valence electrons. The molecule has 0 saturated heterocycles. The highest BCUT2D eigenvalue weighted by Crippen LogP contribution is 2.16. The van der Waals surface area contributed by atoms with Crippen LogP contribution in [0.4, 0.5) is 0 Å². The molecule has 9 heavy (non-hydrogen) atoms. The number of rotatable bonds is 1. The molecule has 0 N–H and O–H groups in total. The zero-order valence-electron chi connectivity index (χ0n) is 5.20. The Morgan fingerprint density at radius 3 is 3.22 bits per heavy atom. The van der Waals surface area contributed by atoms with Gasteiger partial charge in [-0.15, -0.1) is 11.8 Å². The number of thioether (sulfide) groups is 1. The lowest BCUT2D eigenvalue weighted by atomic mass is 10.3. The van der Waals surface area contributed by atoms with Gasteiger partial charge in [0, 0.05) is 12.2 Å². The molecule has 0 saturated carbocycles. The van der Waals surface area contributed by atoms with Crippen LogP contribution < -0.4 is 0 Å². The molecule has 0 aromatic heterocycles. The Morgan fingerprint density at radius 2 is 2.67 bits per heavy atom. The summed E-state index contributed by atoms with van der Waals surface area (Å²) in [6, 6.07) is 0. The van der Waals surface area contributed by atoms with Crippen molar-refractivity contribution in [3.05, 3.63) is 17.2 Å². The standard InChI is InChI=1S/C6H8NOS/c1-8-7-6-2-4-9-5-3-6/h2,4-5H,3H2,1H3. The molecule has 3 heteroatoms. The van der Waals surface area contributed by atoms with Gasteiger partial charge in [-0.2, -0.15) is 0 Å². The molecule has 0 amide bonds. The van der Waals surface area contributed by atoms with E-state index in [9.17, 15) is 0 Å². The van der Waals surface area contributed by atoms with Crippen molar-refractivity contribution in [1.29, 1.82) is 0 Å². The van der Waals surface area contributed by atoms with Gasteiger partial charge in [0.2, 0.25) is 0 Å². The van der Waals surface area contributed by atoms with Gasteiger partial charge in [0.05, 0.1) is 5.71 Å². The molecule has 0 aromatic carbocycles. The molecule has 1 rings (SSSR count). The Labute approximate surface area is 59.0 Å². The summed E-state index contributed by atoms with van der Waals surface area (Å²) in [5, 5.41) is 5.76. The van der Waals surface area contributed by atoms with Crippen molar-refractivity contribution in [2.45, 2.75) is 6.42 Å². The smallest absolute Gasteiger partial charge is 0.106 e.